The molecule has 0 bridgehead atoms. The first-order valence-electron chi connectivity index (χ1n) is 8.91. The van der Waals surface area contributed by atoms with E-state index in [4.69, 9.17) is 4.74 Å². The predicted octanol–water partition coefficient (Wildman–Crippen LogP) is 4.80. The van der Waals surface area contributed by atoms with Crippen molar-refractivity contribution >= 4 is 33.2 Å². The van der Waals surface area contributed by atoms with Crippen LogP contribution in [-0.2, 0) is 9.53 Å². The van der Waals surface area contributed by atoms with Crippen LogP contribution >= 0.6 is 11.3 Å². The normalized spacial score (nSPS) is 16.5. The summed E-state index contributed by atoms with van der Waals surface area (Å²) in [6.45, 7) is 4.30. The lowest BCUT2D eigenvalue weighted by Crippen LogP contribution is -2.25. The number of thiophene rings is 1. The third-order valence-corrected chi connectivity index (χ3v) is 5.66. The van der Waals surface area contributed by atoms with Crippen LogP contribution in [0, 0.1) is 0 Å². The lowest BCUT2D eigenvalue weighted by atomic mass is 9.81. The number of rotatable bonds is 5. The van der Waals surface area contributed by atoms with Gasteiger partial charge in [-0.2, -0.15) is 5.10 Å². The molecule has 0 aliphatic carbocycles. The Morgan fingerprint density at radius 2 is 2.15 bits per heavy atom. The summed E-state index contributed by atoms with van der Waals surface area (Å²) in [7, 11) is 0. The summed E-state index contributed by atoms with van der Waals surface area (Å²) < 4.78 is 6.63. The highest BCUT2D eigenvalue weighted by Crippen LogP contribution is 2.45. The van der Waals surface area contributed by atoms with Gasteiger partial charge in [-0.05, 0) is 35.7 Å². The predicted molar refractivity (Wildman–Crippen MR) is 104 cm³/mol. The molecule has 2 aromatic heterocycles. The van der Waals surface area contributed by atoms with Crippen molar-refractivity contribution in [2.45, 2.75) is 32.6 Å². The number of hydrogen-bond donors (Lipinski definition) is 2. The van der Waals surface area contributed by atoms with E-state index in [0.29, 0.717) is 12.2 Å². The number of benzene rings is 1. The number of esters is 1. The third-order valence-electron chi connectivity index (χ3n) is 4.69. The summed E-state index contributed by atoms with van der Waals surface area (Å²) in [6.07, 6.45) is 3.52. The molecule has 2 N–H and O–H groups in total. The molecule has 5 nitrogen and oxygen atoms in total. The standard InChI is InChI=1S/C20H21N3O2S/c1-3-6-15-17(20(24)25-4-2)16(14-11-21-23-19(14)22-15)13-8-5-7-12-9-10-26-18(12)13/h5,7-11,16H,3-4,6H2,1-2H3,(H2,21,22,23). The van der Waals surface area contributed by atoms with Gasteiger partial charge >= 0.3 is 5.97 Å². The van der Waals surface area contributed by atoms with Crippen LogP contribution in [0.15, 0.2) is 47.1 Å². The highest BCUT2D eigenvalue weighted by molar-refractivity contribution is 7.17. The Morgan fingerprint density at radius 1 is 1.27 bits per heavy atom. The van der Waals surface area contributed by atoms with Crippen LogP contribution in [-0.4, -0.2) is 22.8 Å². The molecule has 0 spiro atoms. The lowest BCUT2D eigenvalue weighted by Gasteiger charge is -2.29. The van der Waals surface area contributed by atoms with Gasteiger partial charge in [-0.25, -0.2) is 4.79 Å². The van der Waals surface area contributed by atoms with Crippen LogP contribution in [0.25, 0.3) is 10.1 Å². The smallest absolute Gasteiger partial charge is 0.336 e. The molecule has 1 aliphatic rings. The van der Waals surface area contributed by atoms with E-state index in [0.717, 1.165) is 35.5 Å². The van der Waals surface area contributed by atoms with Gasteiger partial charge < -0.3 is 10.1 Å². The maximum Gasteiger partial charge on any atom is 0.336 e. The monoisotopic (exact) mass is 367 g/mol. The zero-order valence-electron chi connectivity index (χ0n) is 14.8. The molecule has 0 amide bonds. The lowest BCUT2D eigenvalue weighted by molar-refractivity contribution is -0.138. The van der Waals surface area contributed by atoms with E-state index < -0.39 is 0 Å². The summed E-state index contributed by atoms with van der Waals surface area (Å²) in [5, 5.41) is 13.9. The Balaban J connectivity index is 1.96. The number of nitrogens with one attached hydrogen (secondary N) is 2. The number of carbonyl (C=O) groups excluding carboxylic acids is 1. The molecule has 6 heteroatoms. The van der Waals surface area contributed by atoms with E-state index in [1.54, 1.807) is 17.5 Å². The molecule has 0 saturated heterocycles. The summed E-state index contributed by atoms with van der Waals surface area (Å²) in [4.78, 5) is 12.9. The molecule has 0 radical (unpaired) electrons. The Kier molecular flexibility index (Phi) is 4.51. The quantitative estimate of drug-likeness (QED) is 0.636. The second-order valence-electron chi connectivity index (χ2n) is 6.31. The number of nitrogens with zero attached hydrogens (tertiary/aromatic N) is 1. The van der Waals surface area contributed by atoms with Crippen molar-refractivity contribution in [3.63, 3.8) is 0 Å². The molecule has 3 heterocycles. The molecule has 3 aromatic rings. The van der Waals surface area contributed by atoms with Gasteiger partial charge in [0.2, 0.25) is 0 Å². The highest BCUT2D eigenvalue weighted by Gasteiger charge is 2.36. The number of aromatic nitrogens is 2. The van der Waals surface area contributed by atoms with Crippen LogP contribution in [0.1, 0.15) is 43.7 Å². The van der Waals surface area contributed by atoms with Crippen molar-refractivity contribution in [3.8, 4) is 0 Å². The van der Waals surface area contributed by atoms with Gasteiger partial charge in [-0.3, -0.25) is 5.10 Å². The van der Waals surface area contributed by atoms with Crippen LogP contribution < -0.4 is 5.32 Å². The van der Waals surface area contributed by atoms with Gasteiger partial charge in [-0.15, -0.1) is 11.3 Å². The zero-order chi connectivity index (χ0) is 18.1. The van der Waals surface area contributed by atoms with Crippen molar-refractivity contribution in [1.29, 1.82) is 0 Å². The minimum absolute atomic E-state index is 0.187. The van der Waals surface area contributed by atoms with E-state index in [2.05, 4.69) is 52.1 Å². The molecule has 134 valence electrons. The second-order valence-corrected chi connectivity index (χ2v) is 7.22. The van der Waals surface area contributed by atoms with Crippen molar-refractivity contribution < 1.29 is 9.53 Å². The topological polar surface area (TPSA) is 67.0 Å². The number of fused-ring (bicyclic) bond motifs is 2. The Morgan fingerprint density at radius 3 is 2.96 bits per heavy atom. The van der Waals surface area contributed by atoms with Crippen molar-refractivity contribution in [3.05, 3.63) is 58.2 Å². The van der Waals surface area contributed by atoms with Crippen LogP contribution in [0.4, 0.5) is 5.82 Å². The number of H-pyrrole nitrogens is 1. The zero-order valence-corrected chi connectivity index (χ0v) is 15.7. The first-order chi connectivity index (χ1) is 12.7. The summed E-state index contributed by atoms with van der Waals surface area (Å²) in [5.41, 5.74) is 3.72. The number of anilines is 1. The second kappa shape index (κ2) is 6.96. The Hall–Kier alpha value is -2.60. The largest absolute Gasteiger partial charge is 0.463 e. The molecule has 1 unspecified atom stereocenters. The van der Waals surface area contributed by atoms with Gasteiger partial charge in [0.25, 0.3) is 0 Å². The van der Waals surface area contributed by atoms with Crippen molar-refractivity contribution in [2.24, 2.45) is 0 Å². The van der Waals surface area contributed by atoms with Gasteiger partial charge in [0.05, 0.1) is 18.4 Å². The first kappa shape index (κ1) is 16.8. The summed E-state index contributed by atoms with van der Waals surface area (Å²) >= 11 is 1.70. The average molecular weight is 367 g/mol. The molecule has 1 aromatic carbocycles. The Labute approximate surface area is 156 Å². The molecule has 0 fully saturated rings. The fourth-order valence-electron chi connectivity index (χ4n) is 3.63. The molecular formula is C20H21N3O2S. The van der Waals surface area contributed by atoms with Gasteiger partial charge in [0, 0.05) is 21.9 Å². The van der Waals surface area contributed by atoms with Crippen molar-refractivity contribution in [2.75, 3.05) is 11.9 Å². The van der Waals surface area contributed by atoms with E-state index >= 15 is 0 Å². The number of allylic oxidation sites excluding steroid dienone is 1. The van der Waals surface area contributed by atoms with Crippen LogP contribution in [0.2, 0.25) is 0 Å². The molecule has 1 atom stereocenters. The van der Waals surface area contributed by atoms with Gasteiger partial charge in [-0.1, -0.05) is 31.5 Å². The maximum atomic E-state index is 12.9. The Bertz CT molecular complexity index is 986. The molecule has 1 aliphatic heterocycles. The average Bonchev–Trinajstić information content (AvgIpc) is 3.29. The fraction of sp³-hybridized carbons (Fsp3) is 0.300. The van der Waals surface area contributed by atoms with Gasteiger partial charge in [0.1, 0.15) is 5.82 Å². The number of aromatic amines is 1. The van der Waals surface area contributed by atoms with E-state index in [1.807, 2.05) is 6.92 Å². The minimum atomic E-state index is -0.256. The molecule has 0 saturated carbocycles. The molecular weight excluding hydrogens is 346 g/mol. The number of hydrogen-bond acceptors (Lipinski definition) is 5. The first-order valence-corrected chi connectivity index (χ1v) is 9.79. The van der Waals surface area contributed by atoms with Gasteiger partial charge in [0.15, 0.2) is 0 Å². The van der Waals surface area contributed by atoms with E-state index in [9.17, 15) is 4.79 Å². The van der Waals surface area contributed by atoms with E-state index in [1.165, 1.54) is 10.1 Å². The fourth-order valence-corrected chi connectivity index (χ4v) is 4.57. The maximum absolute atomic E-state index is 12.9. The summed E-state index contributed by atoms with van der Waals surface area (Å²) in [6, 6.07) is 8.37. The summed E-state index contributed by atoms with van der Waals surface area (Å²) in [5.74, 6) is 0.418. The number of ether oxygens (including phenoxy) is 1. The van der Waals surface area contributed by atoms with Crippen LogP contribution in [0.5, 0.6) is 0 Å². The third kappa shape index (κ3) is 2.70. The molecule has 26 heavy (non-hydrogen) atoms. The highest BCUT2D eigenvalue weighted by atomic mass is 32.1. The SMILES string of the molecule is CCCC1=C(C(=O)OCC)C(c2cccc3ccsc23)c2cn[nH]c2N1. The van der Waals surface area contributed by atoms with Crippen LogP contribution in [0.3, 0.4) is 0 Å². The molecule has 4 rings (SSSR count). The van der Waals surface area contributed by atoms with E-state index in [-0.39, 0.29) is 11.9 Å². The number of carbonyl (C=O) groups is 1. The minimum Gasteiger partial charge on any atom is -0.463 e. The van der Waals surface area contributed by atoms with Crippen molar-refractivity contribution in [1.82, 2.24) is 10.2 Å².